The van der Waals surface area contributed by atoms with E-state index in [4.69, 9.17) is 0 Å². The standard InChI is InChI=1S/C22H28N4O2/c1-15-6-3-4-7-18(15)19-14-23-24-21(19)17-9-12-25(13-10-17)22(28)20-8-5-11-26(20)16(2)27/h3-4,6-7,14,17,20H,5,8-13H2,1-2H3,(H,23,24)/t20-/m0/s1. The van der Waals surface area contributed by atoms with Gasteiger partial charge in [-0.2, -0.15) is 5.10 Å². The van der Waals surface area contributed by atoms with Gasteiger partial charge in [-0.1, -0.05) is 24.3 Å². The quantitative estimate of drug-likeness (QED) is 0.890. The molecular formula is C22H28N4O2. The van der Waals surface area contributed by atoms with Gasteiger partial charge in [0.15, 0.2) is 0 Å². The van der Waals surface area contributed by atoms with Crippen LogP contribution in [0.15, 0.2) is 30.5 Å². The summed E-state index contributed by atoms with van der Waals surface area (Å²) in [5.41, 5.74) is 4.80. The second-order valence-corrected chi connectivity index (χ2v) is 7.98. The number of aryl methyl sites for hydroxylation is 1. The van der Waals surface area contributed by atoms with E-state index in [-0.39, 0.29) is 17.9 Å². The Hall–Kier alpha value is -2.63. The summed E-state index contributed by atoms with van der Waals surface area (Å²) in [5, 5.41) is 7.53. The number of H-pyrrole nitrogens is 1. The lowest BCUT2D eigenvalue weighted by molar-refractivity contribution is -0.143. The number of nitrogens with zero attached hydrogens (tertiary/aromatic N) is 3. The highest BCUT2D eigenvalue weighted by Gasteiger charge is 2.36. The van der Waals surface area contributed by atoms with Crippen LogP contribution in [0.1, 0.15) is 49.8 Å². The molecular weight excluding hydrogens is 352 g/mol. The number of hydrogen-bond acceptors (Lipinski definition) is 3. The minimum absolute atomic E-state index is 0.00562. The van der Waals surface area contributed by atoms with Gasteiger partial charge in [-0.25, -0.2) is 0 Å². The molecule has 4 rings (SSSR count). The van der Waals surface area contributed by atoms with E-state index in [9.17, 15) is 9.59 Å². The summed E-state index contributed by atoms with van der Waals surface area (Å²) in [7, 11) is 0. The maximum atomic E-state index is 13.0. The average molecular weight is 380 g/mol. The lowest BCUT2D eigenvalue weighted by Crippen LogP contribution is -2.49. The summed E-state index contributed by atoms with van der Waals surface area (Å²) >= 11 is 0. The zero-order chi connectivity index (χ0) is 19.7. The molecule has 1 aromatic carbocycles. The van der Waals surface area contributed by atoms with Crippen molar-refractivity contribution < 1.29 is 9.59 Å². The van der Waals surface area contributed by atoms with Crippen molar-refractivity contribution in [2.24, 2.45) is 0 Å². The molecule has 6 nitrogen and oxygen atoms in total. The van der Waals surface area contributed by atoms with Gasteiger partial charge in [0.2, 0.25) is 11.8 Å². The van der Waals surface area contributed by atoms with Gasteiger partial charge in [0.05, 0.1) is 6.20 Å². The summed E-state index contributed by atoms with van der Waals surface area (Å²) in [4.78, 5) is 28.4. The van der Waals surface area contributed by atoms with Crippen LogP contribution in [-0.4, -0.2) is 57.5 Å². The number of benzene rings is 1. The molecule has 0 saturated carbocycles. The van der Waals surface area contributed by atoms with E-state index < -0.39 is 0 Å². The van der Waals surface area contributed by atoms with E-state index in [0.717, 1.165) is 38.8 Å². The fourth-order valence-electron chi connectivity index (χ4n) is 4.70. The molecule has 0 spiro atoms. The van der Waals surface area contributed by atoms with E-state index in [2.05, 4.69) is 41.4 Å². The van der Waals surface area contributed by atoms with Gasteiger partial charge in [0, 0.05) is 43.7 Å². The SMILES string of the molecule is CC(=O)N1CCC[C@H]1C(=O)N1CCC(c2[nH]ncc2-c2ccccc2C)CC1. The first kappa shape index (κ1) is 18.7. The molecule has 2 aliphatic heterocycles. The van der Waals surface area contributed by atoms with Gasteiger partial charge in [-0.05, 0) is 43.7 Å². The maximum Gasteiger partial charge on any atom is 0.245 e. The smallest absolute Gasteiger partial charge is 0.245 e. The first-order valence-electron chi connectivity index (χ1n) is 10.2. The maximum absolute atomic E-state index is 13.0. The fourth-order valence-corrected chi connectivity index (χ4v) is 4.70. The molecule has 0 unspecified atom stereocenters. The molecule has 3 heterocycles. The van der Waals surface area contributed by atoms with E-state index in [1.165, 1.54) is 22.4 Å². The number of likely N-dealkylation sites (tertiary alicyclic amines) is 2. The highest BCUT2D eigenvalue weighted by molar-refractivity contribution is 5.87. The topological polar surface area (TPSA) is 69.3 Å². The van der Waals surface area contributed by atoms with Crippen LogP contribution in [0.25, 0.3) is 11.1 Å². The molecule has 28 heavy (non-hydrogen) atoms. The van der Waals surface area contributed by atoms with Crippen LogP contribution in [0.4, 0.5) is 0 Å². The van der Waals surface area contributed by atoms with Crippen molar-refractivity contribution >= 4 is 11.8 Å². The molecule has 1 aromatic heterocycles. The van der Waals surface area contributed by atoms with E-state index >= 15 is 0 Å². The third-order valence-corrected chi connectivity index (χ3v) is 6.26. The van der Waals surface area contributed by atoms with Crippen molar-refractivity contribution in [1.29, 1.82) is 0 Å². The van der Waals surface area contributed by atoms with Crippen molar-refractivity contribution in [1.82, 2.24) is 20.0 Å². The largest absolute Gasteiger partial charge is 0.341 e. The van der Waals surface area contributed by atoms with Gasteiger partial charge in [-0.3, -0.25) is 14.7 Å². The molecule has 0 aliphatic carbocycles. The fraction of sp³-hybridized carbons (Fsp3) is 0.500. The Morgan fingerprint density at radius 2 is 1.82 bits per heavy atom. The molecule has 2 aromatic rings. The third kappa shape index (κ3) is 3.43. The van der Waals surface area contributed by atoms with Crippen molar-refractivity contribution in [3.63, 3.8) is 0 Å². The number of aromatic nitrogens is 2. The molecule has 2 fully saturated rings. The number of carbonyl (C=O) groups is 2. The lowest BCUT2D eigenvalue weighted by atomic mass is 9.88. The zero-order valence-electron chi connectivity index (χ0n) is 16.6. The Kier molecular flexibility index (Phi) is 5.20. The Labute approximate surface area is 165 Å². The monoisotopic (exact) mass is 380 g/mol. The number of aromatic amines is 1. The van der Waals surface area contributed by atoms with Crippen molar-refractivity contribution in [2.45, 2.75) is 51.5 Å². The molecule has 6 heteroatoms. The first-order valence-corrected chi connectivity index (χ1v) is 10.2. The number of piperidine rings is 1. The second kappa shape index (κ2) is 7.78. The summed E-state index contributed by atoms with van der Waals surface area (Å²) < 4.78 is 0. The number of carbonyl (C=O) groups excluding carboxylic acids is 2. The van der Waals surface area contributed by atoms with Crippen LogP contribution in [0.5, 0.6) is 0 Å². The molecule has 148 valence electrons. The van der Waals surface area contributed by atoms with Gasteiger partial charge < -0.3 is 9.80 Å². The highest BCUT2D eigenvalue weighted by Crippen LogP contribution is 2.35. The van der Waals surface area contributed by atoms with E-state index in [1.807, 2.05) is 11.1 Å². The van der Waals surface area contributed by atoms with Crippen molar-refractivity contribution in [3.8, 4) is 11.1 Å². The van der Waals surface area contributed by atoms with Crippen molar-refractivity contribution in [3.05, 3.63) is 41.7 Å². The summed E-state index contributed by atoms with van der Waals surface area (Å²) in [5.74, 6) is 0.495. The number of rotatable bonds is 3. The van der Waals surface area contributed by atoms with Crippen LogP contribution < -0.4 is 0 Å². The summed E-state index contributed by atoms with van der Waals surface area (Å²) in [6, 6.07) is 8.11. The van der Waals surface area contributed by atoms with Crippen LogP contribution >= 0.6 is 0 Å². The zero-order valence-corrected chi connectivity index (χ0v) is 16.6. The minimum atomic E-state index is -0.260. The Balaban J connectivity index is 1.44. The highest BCUT2D eigenvalue weighted by atomic mass is 16.2. The average Bonchev–Trinajstić information content (AvgIpc) is 3.38. The van der Waals surface area contributed by atoms with E-state index in [0.29, 0.717) is 12.5 Å². The van der Waals surface area contributed by atoms with Crippen LogP contribution in [0.3, 0.4) is 0 Å². The van der Waals surface area contributed by atoms with E-state index in [1.54, 1.807) is 11.8 Å². The summed E-state index contributed by atoms with van der Waals surface area (Å²) in [6.45, 7) is 5.85. The van der Waals surface area contributed by atoms with Crippen LogP contribution in [0, 0.1) is 6.92 Å². The normalized spacial score (nSPS) is 20.6. The minimum Gasteiger partial charge on any atom is -0.341 e. The number of nitrogens with one attached hydrogen (secondary N) is 1. The Bertz CT molecular complexity index is 867. The van der Waals surface area contributed by atoms with Crippen LogP contribution in [-0.2, 0) is 9.59 Å². The molecule has 0 bridgehead atoms. The lowest BCUT2D eigenvalue weighted by Gasteiger charge is -2.35. The first-order chi connectivity index (χ1) is 13.6. The molecule has 2 amide bonds. The molecule has 2 aliphatic rings. The molecule has 1 atom stereocenters. The molecule has 1 N–H and O–H groups in total. The summed E-state index contributed by atoms with van der Waals surface area (Å²) in [6.07, 6.45) is 5.45. The van der Waals surface area contributed by atoms with Gasteiger partial charge in [-0.15, -0.1) is 0 Å². The Morgan fingerprint density at radius 1 is 1.07 bits per heavy atom. The number of amides is 2. The predicted octanol–water partition coefficient (Wildman–Crippen LogP) is 3.10. The van der Waals surface area contributed by atoms with Gasteiger partial charge in [0.1, 0.15) is 6.04 Å². The molecule has 0 radical (unpaired) electrons. The third-order valence-electron chi connectivity index (χ3n) is 6.26. The molecule has 2 saturated heterocycles. The van der Waals surface area contributed by atoms with Gasteiger partial charge >= 0.3 is 0 Å². The predicted molar refractivity (Wildman–Crippen MR) is 108 cm³/mol. The number of hydrogen-bond donors (Lipinski definition) is 1. The van der Waals surface area contributed by atoms with Gasteiger partial charge in [0.25, 0.3) is 0 Å². The second-order valence-electron chi connectivity index (χ2n) is 7.98. The Morgan fingerprint density at radius 3 is 2.54 bits per heavy atom. The van der Waals surface area contributed by atoms with Crippen LogP contribution in [0.2, 0.25) is 0 Å². The van der Waals surface area contributed by atoms with Crippen molar-refractivity contribution in [2.75, 3.05) is 19.6 Å².